The van der Waals surface area contributed by atoms with Crippen molar-refractivity contribution in [2.75, 3.05) is 13.1 Å². The van der Waals surface area contributed by atoms with Gasteiger partial charge in [-0.05, 0) is 17.3 Å². The van der Waals surface area contributed by atoms with Crippen LogP contribution in [0.25, 0.3) is 0 Å². The van der Waals surface area contributed by atoms with Crippen molar-refractivity contribution in [2.24, 2.45) is 0 Å². The fourth-order valence-electron chi connectivity index (χ4n) is 2.16. The van der Waals surface area contributed by atoms with E-state index in [2.05, 4.69) is 10.6 Å². The molecule has 2 nitrogen and oxygen atoms in total. The lowest BCUT2D eigenvalue weighted by Crippen LogP contribution is -2.76. The summed E-state index contributed by atoms with van der Waals surface area (Å²) in [5.41, 5.74) is -1.54. The molecule has 0 bridgehead atoms. The smallest absolute Gasteiger partial charge is 0.0967 e. The number of nitrogens with one attached hydrogen (secondary N) is 2. The first-order valence-corrected chi connectivity index (χ1v) is 5.55. The van der Waals surface area contributed by atoms with Gasteiger partial charge in [0, 0.05) is 6.54 Å². The maximum atomic E-state index is 6.14. The fourth-order valence-corrected chi connectivity index (χ4v) is 2.16. The summed E-state index contributed by atoms with van der Waals surface area (Å²) in [5.74, 6) is 0. The van der Waals surface area contributed by atoms with E-state index in [9.17, 15) is 0 Å². The summed E-state index contributed by atoms with van der Waals surface area (Å²) in [4.78, 5) is 0. The summed E-state index contributed by atoms with van der Waals surface area (Å²) in [5, 5.41) is -1.77. The Kier molecular flexibility index (Phi) is 4.45. The molecule has 1 saturated heterocycles. The van der Waals surface area contributed by atoms with E-state index in [1.807, 2.05) is 0 Å². The Hall–Kier alpha value is 0.569. The normalized spacial score (nSPS) is 28.8. The first-order valence-electron chi connectivity index (χ1n) is 5.55. The van der Waals surface area contributed by atoms with Crippen LogP contribution in [0, 0.1) is 0 Å². The molecule has 74 valence electrons. The highest BCUT2D eigenvalue weighted by molar-refractivity contribution is 6.70. The van der Waals surface area contributed by atoms with E-state index >= 15 is 0 Å². The van der Waals surface area contributed by atoms with Gasteiger partial charge in [0.2, 0.25) is 0 Å². The van der Waals surface area contributed by atoms with Crippen LogP contribution in [0.15, 0.2) is 0 Å². The highest BCUT2D eigenvalue weighted by Gasteiger charge is 2.55. The van der Waals surface area contributed by atoms with Crippen LogP contribution in [0.1, 0.15) is 0 Å². The molecule has 12 heteroatoms. The van der Waals surface area contributed by atoms with Gasteiger partial charge >= 0.3 is 0 Å². The van der Waals surface area contributed by atoms with Gasteiger partial charge in [-0.25, -0.2) is 0 Å². The molecule has 0 aromatic carbocycles. The lowest BCUT2D eigenvalue weighted by molar-refractivity contribution is 0.257. The summed E-state index contributed by atoms with van der Waals surface area (Å²) in [6, 6.07) is 0. The Morgan fingerprint density at radius 1 is 0.684 bits per heavy atom. The predicted octanol–water partition coefficient (Wildman–Crippen LogP) is -4.48. The van der Waals surface area contributed by atoms with Crippen molar-refractivity contribution >= 4 is 78.5 Å². The molecule has 1 aliphatic rings. The molecule has 0 amide bonds. The first kappa shape index (κ1) is 17.6. The van der Waals surface area contributed by atoms with E-state index < -0.39 is 26.3 Å². The van der Waals surface area contributed by atoms with Crippen molar-refractivity contribution in [3.63, 3.8) is 0 Å². The molecule has 1 rings (SSSR count). The van der Waals surface area contributed by atoms with E-state index in [0.29, 0.717) is 0 Å². The van der Waals surface area contributed by atoms with Crippen LogP contribution in [0.4, 0.5) is 0 Å². The SMILES string of the molecule is [B]C1([B])CNC([B])(C([B])(C([B])([B])[B])C([B])([B])[B])CN1. The Labute approximate surface area is 129 Å². The van der Waals surface area contributed by atoms with Crippen molar-refractivity contribution in [1.82, 2.24) is 10.6 Å². The van der Waals surface area contributed by atoms with Gasteiger partial charge in [-0.3, -0.25) is 0 Å². The summed E-state index contributed by atoms with van der Waals surface area (Å²) in [6.07, 6.45) is 0. The van der Waals surface area contributed by atoms with Crippen LogP contribution in [0.2, 0.25) is 15.5 Å². The molecule has 1 heterocycles. The van der Waals surface area contributed by atoms with Gasteiger partial charge in [0.1, 0.15) is 0 Å². The highest BCUT2D eigenvalue weighted by Crippen LogP contribution is 2.61. The zero-order chi connectivity index (χ0) is 15.3. The molecule has 0 spiro atoms. The van der Waals surface area contributed by atoms with Gasteiger partial charge in [-0.2, -0.15) is 0 Å². The monoisotopic (exact) mass is 228 g/mol. The number of rotatable bonds is 3. The lowest BCUT2D eigenvalue weighted by atomic mass is 9.11. The Balaban J connectivity index is 3.21. The number of piperazine rings is 1. The Bertz CT molecular complexity index is 321. The van der Waals surface area contributed by atoms with Crippen LogP contribution in [-0.2, 0) is 0 Å². The molecule has 0 aromatic rings. The summed E-state index contributed by atoms with van der Waals surface area (Å²) in [7, 11) is 57.6. The molecule has 0 aliphatic carbocycles. The minimum atomic E-state index is -2.07. The Morgan fingerprint density at radius 2 is 1.11 bits per heavy atom. The molecule has 0 saturated carbocycles. The molecule has 1 aliphatic heterocycles. The van der Waals surface area contributed by atoms with Crippen molar-refractivity contribution in [3.05, 3.63) is 0 Å². The van der Waals surface area contributed by atoms with Gasteiger partial charge in [-0.15, -0.1) is 10.2 Å². The lowest BCUT2D eigenvalue weighted by Gasteiger charge is -2.67. The van der Waals surface area contributed by atoms with Crippen LogP contribution < -0.4 is 10.6 Å². The summed E-state index contributed by atoms with van der Waals surface area (Å²) < 4.78 is 0. The fraction of sp³-hybridized carbons (Fsp3) is 1.00. The summed E-state index contributed by atoms with van der Waals surface area (Å²) >= 11 is 0. The average molecular weight is 226 g/mol. The second-order valence-corrected chi connectivity index (χ2v) is 5.39. The van der Waals surface area contributed by atoms with E-state index in [4.69, 9.17) is 78.5 Å². The third kappa shape index (κ3) is 2.95. The van der Waals surface area contributed by atoms with E-state index in [1.165, 1.54) is 0 Å². The van der Waals surface area contributed by atoms with Crippen molar-refractivity contribution in [3.8, 4) is 0 Å². The molecule has 20 radical (unpaired) electrons. The predicted molar refractivity (Wildman–Crippen MR) is 87.1 cm³/mol. The minimum Gasteiger partial charge on any atom is -0.326 e. The van der Waals surface area contributed by atoms with Crippen molar-refractivity contribution in [1.29, 1.82) is 0 Å². The van der Waals surface area contributed by atoms with Crippen LogP contribution in [-0.4, -0.2) is 102 Å². The van der Waals surface area contributed by atoms with Crippen LogP contribution in [0.5, 0.6) is 0 Å². The molecular formula is C7H6B10N2. The third-order valence-electron chi connectivity index (χ3n) is 3.46. The van der Waals surface area contributed by atoms with Gasteiger partial charge in [0.05, 0.1) is 78.5 Å². The second kappa shape index (κ2) is 4.80. The highest BCUT2D eigenvalue weighted by atomic mass is 15.1. The maximum absolute atomic E-state index is 6.14. The van der Waals surface area contributed by atoms with Gasteiger partial charge in [0.25, 0.3) is 0 Å². The number of hydrogen-bond acceptors (Lipinski definition) is 2. The third-order valence-corrected chi connectivity index (χ3v) is 3.46. The van der Waals surface area contributed by atoms with E-state index in [0.717, 1.165) is 0 Å². The van der Waals surface area contributed by atoms with Gasteiger partial charge in [0.15, 0.2) is 0 Å². The van der Waals surface area contributed by atoms with Gasteiger partial charge in [-0.1, -0.05) is 5.31 Å². The van der Waals surface area contributed by atoms with Crippen molar-refractivity contribution in [2.45, 2.75) is 26.3 Å². The standard InChI is InChI=1S/C7H6B10N2/c8-3(1-19-4(9,10)2-18-3)5(11,6(12,13)14)7(15,16)17/h18-19H,1-2H2. The quantitative estimate of drug-likeness (QED) is 0.474. The first-order chi connectivity index (χ1) is 8.16. The Morgan fingerprint density at radius 3 is 1.37 bits per heavy atom. The van der Waals surface area contributed by atoms with E-state index in [1.54, 1.807) is 0 Å². The molecular weight excluding hydrogens is 220 g/mol. The largest absolute Gasteiger partial charge is 0.326 e. The zero-order valence-electron chi connectivity index (χ0n) is 10.7. The molecule has 1 unspecified atom stereocenters. The second-order valence-electron chi connectivity index (χ2n) is 5.39. The molecule has 1 atom stereocenters. The molecule has 2 N–H and O–H groups in total. The topological polar surface area (TPSA) is 24.1 Å². The molecule has 0 aromatic heterocycles. The van der Waals surface area contributed by atoms with Crippen LogP contribution >= 0.6 is 0 Å². The maximum Gasteiger partial charge on any atom is 0.0967 e. The summed E-state index contributed by atoms with van der Waals surface area (Å²) in [6.45, 7) is -0.0220. The molecule has 1 fully saturated rings. The minimum absolute atomic E-state index is 0.0363. The van der Waals surface area contributed by atoms with Crippen molar-refractivity contribution < 1.29 is 0 Å². The molecule has 19 heavy (non-hydrogen) atoms. The van der Waals surface area contributed by atoms with E-state index in [-0.39, 0.29) is 13.1 Å². The number of hydrogen-bond donors (Lipinski definition) is 2. The van der Waals surface area contributed by atoms with Crippen LogP contribution in [0.3, 0.4) is 0 Å². The zero-order valence-corrected chi connectivity index (χ0v) is 10.7. The average Bonchev–Trinajstić information content (AvgIpc) is 2.18. The van der Waals surface area contributed by atoms with Gasteiger partial charge < -0.3 is 10.6 Å².